The number of nitrogens with zero attached hydrogens (tertiary/aromatic N) is 1. The predicted molar refractivity (Wildman–Crippen MR) is 129 cm³/mol. The monoisotopic (exact) mass is 451 g/mol. The minimum atomic E-state index is -0.203. The van der Waals surface area contributed by atoms with Crippen LogP contribution in [-0.2, 0) is 11.3 Å². The summed E-state index contributed by atoms with van der Waals surface area (Å²) >= 11 is 1.38. The Morgan fingerprint density at radius 1 is 1.00 bits per heavy atom. The van der Waals surface area contributed by atoms with E-state index < -0.39 is 0 Å². The first-order valence-corrected chi connectivity index (χ1v) is 11.8. The van der Waals surface area contributed by atoms with Crippen LogP contribution < -0.4 is 15.4 Å². The summed E-state index contributed by atoms with van der Waals surface area (Å²) in [5.74, 6) is 0.515. The summed E-state index contributed by atoms with van der Waals surface area (Å²) < 4.78 is 5.73. The second kappa shape index (κ2) is 12.0. The van der Waals surface area contributed by atoms with E-state index in [2.05, 4.69) is 22.5 Å². The Balaban J connectivity index is 1.52. The number of rotatable bonds is 11. The standard InChI is InChI=1S/C25H29N3O3S/c1-3-4-5-6-15-31-22-13-11-21(12-14-22)24(30)28-25-27-23(17-32-25)20-9-7-19(8-10-20)16-26-18(2)29/h7-14,17H,3-6,15-16H2,1-2H3,(H,26,29)(H,27,28,30). The van der Waals surface area contributed by atoms with Crippen LogP contribution in [0, 0.1) is 0 Å². The molecule has 6 nitrogen and oxygen atoms in total. The molecule has 0 spiro atoms. The molecule has 0 aliphatic carbocycles. The fourth-order valence-corrected chi connectivity index (χ4v) is 3.79. The molecular formula is C25H29N3O3S. The van der Waals surface area contributed by atoms with Crippen LogP contribution in [-0.4, -0.2) is 23.4 Å². The number of benzene rings is 2. The summed E-state index contributed by atoms with van der Waals surface area (Å²) in [6.45, 7) is 4.88. The van der Waals surface area contributed by atoms with Gasteiger partial charge in [0.05, 0.1) is 12.3 Å². The molecule has 7 heteroatoms. The summed E-state index contributed by atoms with van der Waals surface area (Å²) in [5.41, 5.74) is 3.32. The molecular weight excluding hydrogens is 422 g/mol. The molecule has 2 amide bonds. The Hall–Kier alpha value is -3.19. The third kappa shape index (κ3) is 7.20. The van der Waals surface area contributed by atoms with Crippen molar-refractivity contribution in [1.82, 2.24) is 10.3 Å². The fourth-order valence-electron chi connectivity index (χ4n) is 3.07. The van der Waals surface area contributed by atoms with Crippen molar-refractivity contribution in [3.8, 4) is 17.0 Å². The molecule has 0 unspecified atom stereocenters. The predicted octanol–water partition coefficient (Wildman–Crippen LogP) is 5.66. The van der Waals surface area contributed by atoms with Gasteiger partial charge < -0.3 is 10.1 Å². The topological polar surface area (TPSA) is 80.3 Å². The van der Waals surface area contributed by atoms with E-state index >= 15 is 0 Å². The molecule has 0 saturated heterocycles. The Labute approximate surface area is 193 Å². The van der Waals surface area contributed by atoms with Gasteiger partial charge in [0.2, 0.25) is 5.91 Å². The maximum atomic E-state index is 12.6. The zero-order chi connectivity index (χ0) is 22.8. The zero-order valence-corrected chi connectivity index (χ0v) is 19.3. The van der Waals surface area contributed by atoms with Gasteiger partial charge in [0, 0.05) is 30.0 Å². The minimum Gasteiger partial charge on any atom is -0.494 e. The van der Waals surface area contributed by atoms with Gasteiger partial charge in [-0.25, -0.2) is 4.98 Å². The molecule has 0 fully saturated rings. The number of ether oxygens (including phenoxy) is 1. The van der Waals surface area contributed by atoms with E-state index in [0.717, 1.165) is 29.0 Å². The Bertz CT molecular complexity index is 1010. The van der Waals surface area contributed by atoms with Gasteiger partial charge in [-0.15, -0.1) is 11.3 Å². The first-order chi connectivity index (χ1) is 15.5. The van der Waals surface area contributed by atoms with Gasteiger partial charge in [0.25, 0.3) is 5.91 Å². The lowest BCUT2D eigenvalue weighted by atomic mass is 10.1. The Kier molecular flexibility index (Phi) is 8.80. The summed E-state index contributed by atoms with van der Waals surface area (Å²) in [6, 6.07) is 15.0. The van der Waals surface area contributed by atoms with E-state index in [9.17, 15) is 9.59 Å². The van der Waals surface area contributed by atoms with E-state index in [1.54, 1.807) is 12.1 Å². The SMILES string of the molecule is CCCCCCOc1ccc(C(=O)Nc2nc(-c3ccc(CNC(C)=O)cc3)cs2)cc1. The number of hydrogen-bond donors (Lipinski definition) is 2. The molecule has 0 atom stereocenters. The molecule has 1 aromatic heterocycles. The normalized spacial score (nSPS) is 10.6. The molecule has 0 aliphatic rings. The Morgan fingerprint density at radius 2 is 1.75 bits per heavy atom. The van der Waals surface area contributed by atoms with Gasteiger partial charge in [0.15, 0.2) is 5.13 Å². The molecule has 0 radical (unpaired) electrons. The lowest BCUT2D eigenvalue weighted by Crippen LogP contribution is -2.18. The molecule has 2 aromatic carbocycles. The van der Waals surface area contributed by atoms with Crippen LogP contribution in [0.2, 0.25) is 0 Å². The number of nitrogens with one attached hydrogen (secondary N) is 2. The third-order valence-electron chi connectivity index (χ3n) is 4.90. The second-order valence-electron chi connectivity index (χ2n) is 7.53. The molecule has 0 aliphatic heterocycles. The number of carbonyl (C=O) groups excluding carboxylic acids is 2. The summed E-state index contributed by atoms with van der Waals surface area (Å²) in [5, 5.41) is 8.09. The highest BCUT2D eigenvalue weighted by atomic mass is 32.1. The number of aromatic nitrogens is 1. The third-order valence-corrected chi connectivity index (χ3v) is 5.66. The zero-order valence-electron chi connectivity index (χ0n) is 18.5. The number of hydrogen-bond acceptors (Lipinski definition) is 5. The van der Waals surface area contributed by atoms with Gasteiger partial charge >= 0.3 is 0 Å². The number of anilines is 1. The smallest absolute Gasteiger partial charge is 0.257 e. The van der Waals surface area contributed by atoms with Gasteiger partial charge in [-0.2, -0.15) is 0 Å². The van der Waals surface area contributed by atoms with Crippen molar-refractivity contribution in [1.29, 1.82) is 0 Å². The lowest BCUT2D eigenvalue weighted by Gasteiger charge is -2.07. The molecule has 32 heavy (non-hydrogen) atoms. The van der Waals surface area contributed by atoms with E-state index in [0.29, 0.717) is 23.8 Å². The van der Waals surface area contributed by atoms with Crippen LogP contribution in [0.15, 0.2) is 53.9 Å². The first kappa shape index (κ1) is 23.5. The van der Waals surface area contributed by atoms with Crippen LogP contribution >= 0.6 is 11.3 Å². The Morgan fingerprint density at radius 3 is 2.44 bits per heavy atom. The number of thiazole rings is 1. The van der Waals surface area contributed by atoms with Crippen molar-refractivity contribution in [2.24, 2.45) is 0 Å². The maximum Gasteiger partial charge on any atom is 0.257 e. The highest BCUT2D eigenvalue weighted by molar-refractivity contribution is 7.14. The largest absolute Gasteiger partial charge is 0.494 e. The van der Waals surface area contributed by atoms with Crippen molar-refractivity contribution in [3.05, 3.63) is 65.0 Å². The van der Waals surface area contributed by atoms with E-state index in [4.69, 9.17) is 4.74 Å². The van der Waals surface area contributed by atoms with E-state index in [1.165, 1.54) is 37.5 Å². The van der Waals surface area contributed by atoms with Crippen LogP contribution in [0.5, 0.6) is 5.75 Å². The molecule has 0 bridgehead atoms. The lowest BCUT2D eigenvalue weighted by molar-refractivity contribution is -0.119. The second-order valence-corrected chi connectivity index (χ2v) is 8.39. The van der Waals surface area contributed by atoms with Crippen molar-refractivity contribution in [2.75, 3.05) is 11.9 Å². The average Bonchev–Trinajstić information content (AvgIpc) is 3.26. The number of amides is 2. The fraction of sp³-hybridized carbons (Fsp3) is 0.320. The molecule has 0 saturated carbocycles. The maximum absolute atomic E-state index is 12.6. The molecule has 3 rings (SSSR count). The average molecular weight is 452 g/mol. The van der Waals surface area contributed by atoms with E-state index in [-0.39, 0.29) is 11.8 Å². The van der Waals surface area contributed by atoms with E-state index in [1.807, 2.05) is 41.8 Å². The highest BCUT2D eigenvalue weighted by Gasteiger charge is 2.10. The van der Waals surface area contributed by atoms with Crippen LogP contribution in [0.1, 0.15) is 55.5 Å². The van der Waals surface area contributed by atoms with Crippen molar-refractivity contribution >= 4 is 28.3 Å². The van der Waals surface area contributed by atoms with Crippen molar-refractivity contribution in [2.45, 2.75) is 46.1 Å². The van der Waals surface area contributed by atoms with Gasteiger partial charge in [-0.1, -0.05) is 50.5 Å². The van der Waals surface area contributed by atoms with Crippen molar-refractivity contribution in [3.63, 3.8) is 0 Å². The quantitative estimate of drug-likeness (QED) is 0.369. The molecule has 2 N–H and O–H groups in total. The minimum absolute atomic E-state index is 0.0569. The van der Waals surface area contributed by atoms with Gasteiger partial charge in [0.1, 0.15) is 5.75 Å². The first-order valence-electron chi connectivity index (χ1n) is 10.9. The molecule has 1 heterocycles. The number of unbranched alkanes of at least 4 members (excludes halogenated alkanes) is 3. The molecule has 168 valence electrons. The van der Waals surface area contributed by atoms with Crippen LogP contribution in [0.25, 0.3) is 11.3 Å². The van der Waals surface area contributed by atoms with Crippen LogP contribution in [0.4, 0.5) is 5.13 Å². The van der Waals surface area contributed by atoms with Crippen LogP contribution in [0.3, 0.4) is 0 Å². The van der Waals surface area contributed by atoms with Crippen molar-refractivity contribution < 1.29 is 14.3 Å². The summed E-state index contributed by atoms with van der Waals surface area (Å²) in [6.07, 6.45) is 4.65. The highest BCUT2D eigenvalue weighted by Crippen LogP contribution is 2.26. The molecule has 3 aromatic rings. The van der Waals surface area contributed by atoms with Gasteiger partial charge in [-0.05, 0) is 36.2 Å². The number of carbonyl (C=O) groups is 2. The summed E-state index contributed by atoms with van der Waals surface area (Å²) in [4.78, 5) is 28.1. The summed E-state index contributed by atoms with van der Waals surface area (Å²) in [7, 11) is 0. The van der Waals surface area contributed by atoms with Gasteiger partial charge in [-0.3, -0.25) is 14.9 Å².